The second kappa shape index (κ2) is 6.69. The van der Waals surface area contributed by atoms with Crippen molar-refractivity contribution in [1.82, 2.24) is 25.1 Å². The first-order valence-electron chi connectivity index (χ1n) is 6.41. The standard InChI is InChI=1S/C11H17N5O3S/c1-3-15(6-10(18)19-2)9(17)7-20-11-12-13-14-16(11)8-4-5-8/h8H,3-7H2,1-2H3. The van der Waals surface area contributed by atoms with Gasteiger partial charge in [-0.1, -0.05) is 11.8 Å². The maximum Gasteiger partial charge on any atom is 0.325 e. The Bertz CT molecular complexity index is 488. The summed E-state index contributed by atoms with van der Waals surface area (Å²) in [5.41, 5.74) is 0. The molecule has 2 rings (SSSR count). The summed E-state index contributed by atoms with van der Waals surface area (Å²) in [6, 6.07) is 0.375. The number of nitrogens with zero attached hydrogens (tertiary/aromatic N) is 5. The summed E-state index contributed by atoms with van der Waals surface area (Å²) in [7, 11) is 1.30. The Hall–Kier alpha value is -1.64. The van der Waals surface area contributed by atoms with Crippen molar-refractivity contribution in [3.8, 4) is 0 Å². The molecule has 1 amide bonds. The van der Waals surface area contributed by atoms with Crippen LogP contribution in [0.2, 0.25) is 0 Å². The smallest absolute Gasteiger partial charge is 0.325 e. The average molecular weight is 299 g/mol. The lowest BCUT2D eigenvalue weighted by Crippen LogP contribution is -2.37. The summed E-state index contributed by atoms with van der Waals surface area (Å²) in [5.74, 6) is -0.348. The fourth-order valence-corrected chi connectivity index (χ4v) is 2.49. The molecule has 20 heavy (non-hydrogen) atoms. The molecule has 1 aliphatic rings. The van der Waals surface area contributed by atoms with Crippen LogP contribution in [0.25, 0.3) is 0 Å². The number of aromatic nitrogens is 4. The molecule has 1 aromatic rings. The molecule has 1 fully saturated rings. The number of esters is 1. The molecule has 0 unspecified atom stereocenters. The van der Waals surface area contributed by atoms with Crippen molar-refractivity contribution in [3.05, 3.63) is 0 Å². The van der Waals surface area contributed by atoms with Crippen LogP contribution in [-0.2, 0) is 14.3 Å². The molecular weight excluding hydrogens is 282 g/mol. The van der Waals surface area contributed by atoms with Gasteiger partial charge in [0, 0.05) is 6.54 Å². The van der Waals surface area contributed by atoms with E-state index in [-0.39, 0.29) is 18.2 Å². The summed E-state index contributed by atoms with van der Waals surface area (Å²) in [6.45, 7) is 2.25. The SMILES string of the molecule is CCN(CC(=O)OC)C(=O)CSc1nnnn1C1CC1. The van der Waals surface area contributed by atoms with Gasteiger partial charge in [-0.25, -0.2) is 4.68 Å². The number of amides is 1. The van der Waals surface area contributed by atoms with Gasteiger partial charge >= 0.3 is 5.97 Å². The summed E-state index contributed by atoms with van der Waals surface area (Å²) >= 11 is 1.29. The zero-order valence-electron chi connectivity index (χ0n) is 11.5. The number of ether oxygens (including phenoxy) is 1. The first kappa shape index (κ1) is 14.8. The van der Waals surface area contributed by atoms with E-state index < -0.39 is 5.97 Å². The average Bonchev–Trinajstić information content (AvgIpc) is 3.20. The van der Waals surface area contributed by atoms with Crippen LogP contribution in [-0.4, -0.2) is 62.9 Å². The van der Waals surface area contributed by atoms with Crippen molar-refractivity contribution < 1.29 is 14.3 Å². The highest BCUT2D eigenvalue weighted by Crippen LogP contribution is 2.36. The fourth-order valence-electron chi connectivity index (χ4n) is 1.64. The Balaban J connectivity index is 1.86. The molecule has 0 saturated heterocycles. The Labute approximate surface area is 120 Å². The van der Waals surface area contributed by atoms with Gasteiger partial charge in [0.05, 0.1) is 18.9 Å². The summed E-state index contributed by atoms with van der Waals surface area (Å²) < 4.78 is 6.32. The summed E-state index contributed by atoms with van der Waals surface area (Å²) in [6.07, 6.45) is 2.16. The van der Waals surface area contributed by atoms with Gasteiger partial charge in [0.1, 0.15) is 6.54 Å². The Morgan fingerprint density at radius 1 is 1.50 bits per heavy atom. The minimum Gasteiger partial charge on any atom is -0.468 e. The Kier molecular flexibility index (Phi) is 4.94. The molecule has 9 heteroatoms. The van der Waals surface area contributed by atoms with Gasteiger partial charge in [-0.05, 0) is 30.2 Å². The third-order valence-corrected chi connectivity index (χ3v) is 3.88. The van der Waals surface area contributed by atoms with E-state index in [0.717, 1.165) is 12.8 Å². The molecule has 8 nitrogen and oxygen atoms in total. The fraction of sp³-hybridized carbons (Fsp3) is 0.727. The number of thioether (sulfide) groups is 1. The van der Waals surface area contributed by atoms with Crippen molar-refractivity contribution in [2.75, 3.05) is 26.0 Å². The number of carbonyl (C=O) groups excluding carboxylic acids is 2. The van der Waals surface area contributed by atoms with E-state index in [2.05, 4.69) is 20.3 Å². The Morgan fingerprint density at radius 2 is 2.25 bits per heavy atom. The number of tetrazole rings is 1. The molecule has 0 spiro atoms. The molecule has 0 radical (unpaired) electrons. The molecule has 0 atom stereocenters. The van der Waals surface area contributed by atoms with E-state index in [1.54, 1.807) is 4.68 Å². The Morgan fingerprint density at radius 3 is 2.85 bits per heavy atom. The molecule has 0 aromatic carbocycles. The molecule has 1 aliphatic carbocycles. The monoisotopic (exact) mass is 299 g/mol. The lowest BCUT2D eigenvalue weighted by Gasteiger charge is -2.18. The predicted octanol–water partition coefficient (Wildman–Crippen LogP) is 0.122. The minimum atomic E-state index is -0.423. The van der Waals surface area contributed by atoms with E-state index in [1.807, 2.05) is 6.92 Å². The van der Waals surface area contributed by atoms with Crippen molar-refractivity contribution in [1.29, 1.82) is 0 Å². The van der Waals surface area contributed by atoms with Crippen LogP contribution in [0.4, 0.5) is 0 Å². The van der Waals surface area contributed by atoms with Gasteiger partial charge in [0.25, 0.3) is 0 Å². The molecule has 0 bridgehead atoms. The first-order valence-corrected chi connectivity index (χ1v) is 7.39. The highest BCUT2D eigenvalue weighted by molar-refractivity contribution is 7.99. The minimum absolute atomic E-state index is 0.0278. The first-order chi connectivity index (χ1) is 9.65. The topological polar surface area (TPSA) is 90.2 Å². The number of rotatable bonds is 7. The van der Waals surface area contributed by atoms with Crippen LogP contribution in [0.1, 0.15) is 25.8 Å². The second-order valence-electron chi connectivity index (χ2n) is 4.41. The van der Waals surface area contributed by atoms with Crippen LogP contribution >= 0.6 is 11.8 Å². The lowest BCUT2D eigenvalue weighted by molar-refractivity contribution is -0.146. The van der Waals surface area contributed by atoms with E-state index in [4.69, 9.17) is 0 Å². The van der Waals surface area contributed by atoms with Crippen LogP contribution in [0, 0.1) is 0 Å². The van der Waals surface area contributed by atoms with E-state index in [0.29, 0.717) is 17.7 Å². The molecule has 0 aliphatic heterocycles. The number of carbonyl (C=O) groups is 2. The maximum absolute atomic E-state index is 12.0. The van der Waals surface area contributed by atoms with Crippen molar-refractivity contribution in [2.24, 2.45) is 0 Å². The summed E-state index contributed by atoms with van der Waals surface area (Å²) in [5, 5.41) is 12.1. The van der Waals surface area contributed by atoms with Gasteiger partial charge in [-0.3, -0.25) is 9.59 Å². The second-order valence-corrected chi connectivity index (χ2v) is 5.35. The van der Waals surface area contributed by atoms with E-state index in [9.17, 15) is 9.59 Å². The predicted molar refractivity (Wildman–Crippen MR) is 71.1 cm³/mol. The lowest BCUT2D eigenvalue weighted by atomic mass is 10.4. The number of hydrogen-bond donors (Lipinski definition) is 0. The highest BCUT2D eigenvalue weighted by Gasteiger charge is 2.28. The van der Waals surface area contributed by atoms with Crippen LogP contribution < -0.4 is 0 Å². The summed E-state index contributed by atoms with van der Waals surface area (Å²) in [4.78, 5) is 24.7. The van der Waals surface area contributed by atoms with Crippen molar-refractivity contribution >= 4 is 23.6 Å². The zero-order valence-corrected chi connectivity index (χ0v) is 12.3. The number of likely N-dealkylation sites (N-methyl/N-ethyl adjacent to an activating group) is 1. The third kappa shape index (κ3) is 3.69. The van der Waals surface area contributed by atoms with Crippen molar-refractivity contribution in [3.63, 3.8) is 0 Å². The van der Waals surface area contributed by atoms with Gasteiger partial charge in [-0.15, -0.1) is 5.10 Å². The van der Waals surface area contributed by atoms with Gasteiger partial charge < -0.3 is 9.64 Å². The van der Waals surface area contributed by atoms with E-state index >= 15 is 0 Å². The third-order valence-electron chi connectivity index (χ3n) is 2.96. The highest BCUT2D eigenvalue weighted by atomic mass is 32.2. The van der Waals surface area contributed by atoms with Crippen molar-refractivity contribution in [2.45, 2.75) is 31.0 Å². The van der Waals surface area contributed by atoms with Gasteiger partial charge in [0.15, 0.2) is 0 Å². The normalized spacial score (nSPS) is 14.1. The molecule has 1 aromatic heterocycles. The molecule has 1 saturated carbocycles. The number of hydrogen-bond acceptors (Lipinski definition) is 7. The van der Waals surface area contributed by atoms with Crippen LogP contribution in [0.15, 0.2) is 5.16 Å². The largest absolute Gasteiger partial charge is 0.468 e. The van der Waals surface area contributed by atoms with Crippen LogP contribution in [0.3, 0.4) is 0 Å². The zero-order chi connectivity index (χ0) is 14.5. The molecule has 1 heterocycles. The van der Waals surface area contributed by atoms with Crippen LogP contribution in [0.5, 0.6) is 0 Å². The van der Waals surface area contributed by atoms with Gasteiger partial charge in [0.2, 0.25) is 11.1 Å². The van der Waals surface area contributed by atoms with E-state index in [1.165, 1.54) is 23.8 Å². The molecule has 110 valence electrons. The molecular formula is C11H17N5O3S. The number of methoxy groups -OCH3 is 1. The molecule has 0 N–H and O–H groups in total. The maximum atomic E-state index is 12.0. The van der Waals surface area contributed by atoms with Gasteiger partial charge in [-0.2, -0.15) is 0 Å². The quantitative estimate of drug-likeness (QED) is 0.522.